The highest BCUT2D eigenvalue weighted by Crippen LogP contribution is 2.22. The molecule has 0 saturated heterocycles. The molecule has 1 aromatic carbocycles. The normalized spacial score (nSPS) is 12.1. The second-order valence-electron chi connectivity index (χ2n) is 6.05. The molecule has 0 fully saturated rings. The summed E-state index contributed by atoms with van der Waals surface area (Å²) in [6.45, 7) is 10.4. The predicted molar refractivity (Wildman–Crippen MR) is 90.2 cm³/mol. The molecule has 0 bridgehead atoms. The summed E-state index contributed by atoms with van der Waals surface area (Å²) in [6, 6.07) is 10.9. The molecule has 1 heteroatoms. The standard InChI is InChI=1S/C19H33N/c1-5-17(6-2)14-15-20-19(7-3,8-4)16-18-12-10-9-11-13-18/h9-13,17,20H,5-8,14-16H2,1-4H3. The molecule has 0 heterocycles. The van der Waals surface area contributed by atoms with Crippen molar-refractivity contribution in [2.75, 3.05) is 6.54 Å². The average Bonchev–Trinajstić information content (AvgIpc) is 2.51. The summed E-state index contributed by atoms with van der Waals surface area (Å²) < 4.78 is 0. The first-order valence-corrected chi connectivity index (χ1v) is 8.48. The Morgan fingerprint density at radius 2 is 1.55 bits per heavy atom. The van der Waals surface area contributed by atoms with Gasteiger partial charge in [0, 0.05) is 5.54 Å². The van der Waals surface area contributed by atoms with E-state index in [1.807, 2.05) is 0 Å². The van der Waals surface area contributed by atoms with E-state index in [1.54, 1.807) is 0 Å². The van der Waals surface area contributed by atoms with E-state index in [2.05, 4.69) is 63.3 Å². The van der Waals surface area contributed by atoms with Gasteiger partial charge in [-0.1, -0.05) is 70.9 Å². The zero-order chi connectivity index (χ0) is 14.8. The molecule has 1 aromatic rings. The summed E-state index contributed by atoms with van der Waals surface area (Å²) in [6.07, 6.45) is 7.46. The molecule has 114 valence electrons. The van der Waals surface area contributed by atoms with Crippen molar-refractivity contribution in [2.24, 2.45) is 5.92 Å². The van der Waals surface area contributed by atoms with Gasteiger partial charge in [-0.3, -0.25) is 0 Å². The average molecular weight is 275 g/mol. The quantitative estimate of drug-likeness (QED) is 0.618. The molecule has 1 nitrogen and oxygen atoms in total. The van der Waals surface area contributed by atoms with Gasteiger partial charge in [0.25, 0.3) is 0 Å². The Balaban J connectivity index is 2.58. The zero-order valence-corrected chi connectivity index (χ0v) is 13.9. The van der Waals surface area contributed by atoms with Gasteiger partial charge in [0.15, 0.2) is 0 Å². The lowest BCUT2D eigenvalue weighted by molar-refractivity contribution is 0.284. The second kappa shape index (κ2) is 9.18. The smallest absolute Gasteiger partial charge is 0.0216 e. The fraction of sp³-hybridized carbons (Fsp3) is 0.684. The van der Waals surface area contributed by atoms with Crippen molar-refractivity contribution in [1.29, 1.82) is 0 Å². The maximum Gasteiger partial charge on any atom is 0.0216 e. The van der Waals surface area contributed by atoms with Crippen molar-refractivity contribution in [1.82, 2.24) is 5.32 Å². The maximum absolute atomic E-state index is 3.88. The summed E-state index contributed by atoms with van der Waals surface area (Å²) in [5, 5.41) is 3.88. The maximum atomic E-state index is 3.88. The van der Waals surface area contributed by atoms with Gasteiger partial charge in [0.05, 0.1) is 0 Å². The summed E-state index contributed by atoms with van der Waals surface area (Å²) in [5.41, 5.74) is 1.72. The SMILES string of the molecule is CCC(CC)CCNC(CC)(CC)Cc1ccccc1. The van der Waals surface area contributed by atoms with Crippen LogP contribution in [0.25, 0.3) is 0 Å². The molecule has 0 amide bonds. The molecule has 20 heavy (non-hydrogen) atoms. The van der Waals surface area contributed by atoms with Crippen LogP contribution in [0.2, 0.25) is 0 Å². The monoisotopic (exact) mass is 275 g/mol. The lowest BCUT2D eigenvalue weighted by atomic mass is 9.85. The Hall–Kier alpha value is -0.820. The van der Waals surface area contributed by atoms with Crippen LogP contribution >= 0.6 is 0 Å². The van der Waals surface area contributed by atoms with Crippen LogP contribution in [0.1, 0.15) is 65.4 Å². The lowest BCUT2D eigenvalue weighted by Crippen LogP contribution is -2.46. The van der Waals surface area contributed by atoms with Crippen LogP contribution in [0.5, 0.6) is 0 Å². The molecule has 0 aromatic heterocycles. The van der Waals surface area contributed by atoms with E-state index >= 15 is 0 Å². The van der Waals surface area contributed by atoms with Crippen LogP contribution in [-0.4, -0.2) is 12.1 Å². The van der Waals surface area contributed by atoms with E-state index < -0.39 is 0 Å². The molecule has 0 spiro atoms. The van der Waals surface area contributed by atoms with E-state index in [4.69, 9.17) is 0 Å². The van der Waals surface area contributed by atoms with Crippen LogP contribution in [0, 0.1) is 5.92 Å². The molecule has 0 aliphatic heterocycles. The highest BCUT2D eigenvalue weighted by atomic mass is 15.0. The zero-order valence-electron chi connectivity index (χ0n) is 13.9. The number of hydrogen-bond donors (Lipinski definition) is 1. The number of nitrogens with one attached hydrogen (secondary N) is 1. The topological polar surface area (TPSA) is 12.0 Å². The van der Waals surface area contributed by atoms with Crippen molar-refractivity contribution < 1.29 is 0 Å². The minimum atomic E-state index is 0.271. The summed E-state index contributed by atoms with van der Waals surface area (Å²) in [7, 11) is 0. The van der Waals surface area contributed by atoms with Gasteiger partial charge in [-0.2, -0.15) is 0 Å². The first kappa shape index (κ1) is 17.2. The Labute approximate surface area is 126 Å². The molecule has 0 aliphatic carbocycles. The molecular formula is C19H33N. The Kier molecular flexibility index (Phi) is 7.91. The van der Waals surface area contributed by atoms with Gasteiger partial charge in [0.2, 0.25) is 0 Å². The van der Waals surface area contributed by atoms with Gasteiger partial charge in [-0.15, -0.1) is 0 Å². The molecule has 1 N–H and O–H groups in total. The molecule has 0 aliphatic rings. The van der Waals surface area contributed by atoms with Gasteiger partial charge < -0.3 is 5.32 Å². The van der Waals surface area contributed by atoms with Crippen molar-refractivity contribution in [3.63, 3.8) is 0 Å². The summed E-state index contributed by atoms with van der Waals surface area (Å²) >= 11 is 0. The Bertz CT molecular complexity index is 336. The molecular weight excluding hydrogens is 242 g/mol. The van der Waals surface area contributed by atoms with E-state index in [-0.39, 0.29) is 5.54 Å². The van der Waals surface area contributed by atoms with Gasteiger partial charge in [-0.25, -0.2) is 0 Å². The van der Waals surface area contributed by atoms with E-state index in [1.165, 1.54) is 37.7 Å². The largest absolute Gasteiger partial charge is 0.311 e. The van der Waals surface area contributed by atoms with Crippen LogP contribution in [-0.2, 0) is 6.42 Å². The molecule has 0 atom stereocenters. The third-order valence-electron chi connectivity index (χ3n) is 4.95. The summed E-state index contributed by atoms with van der Waals surface area (Å²) in [5.74, 6) is 0.880. The molecule has 1 rings (SSSR count). The van der Waals surface area contributed by atoms with Crippen LogP contribution in [0.15, 0.2) is 30.3 Å². The highest BCUT2D eigenvalue weighted by Gasteiger charge is 2.25. The second-order valence-corrected chi connectivity index (χ2v) is 6.05. The van der Waals surface area contributed by atoms with Crippen LogP contribution in [0.4, 0.5) is 0 Å². The first-order valence-electron chi connectivity index (χ1n) is 8.48. The first-order chi connectivity index (χ1) is 9.69. The van der Waals surface area contributed by atoms with Gasteiger partial charge in [-0.05, 0) is 43.7 Å². The predicted octanol–water partition coefficient (Wildman–Crippen LogP) is 5.20. The Morgan fingerprint density at radius 1 is 0.950 bits per heavy atom. The van der Waals surface area contributed by atoms with Crippen molar-refractivity contribution in [2.45, 2.75) is 71.8 Å². The van der Waals surface area contributed by atoms with Crippen molar-refractivity contribution >= 4 is 0 Å². The fourth-order valence-electron chi connectivity index (χ4n) is 3.04. The van der Waals surface area contributed by atoms with E-state index in [0.29, 0.717) is 0 Å². The molecule has 0 unspecified atom stereocenters. The third kappa shape index (κ3) is 5.28. The summed E-state index contributed by atoms with van der Waals surface area (Å²) in [4.78, 5) is 0. The van der Waals surface area contributed by atoms with E-state index in [9.17, 15) is 0 Å². The van der Waals surface area contributed by atoms with Crippen molar-refractivity contribution in [3.05, 3.63) is 35.9 Å². The van der Waals surface area contributed by atoms with Crippen LogP contribution in [0.3, 0.4) is 0 Å². The van der Waals surface area contributed by atoms with Crippen LogP contribution < -0.4 is 5.32 Å². The number of benzene rings is 1. The van der Waals surface area contributed by atoms with Gasteiger partial charge >= 0.3 is 0 Å². The third-order valence-corrected chi connectivity index (χ3v) is 4.95. The minimum Gasteiger partial charge on any atom is -0.311 e. The fourth-order valence-corrected chi connectivity index (χ4v) is 3.04. The highest BCUT2D eigenvalue weighted by molar-refractivity contribution is 5.17. The minimum absolute atomic E-state index is 0.271. The number of hydrogen-bond acceptors (Lipinski definition) is 1. The molecule has 0 radical (unpaired) electrons. The van der Waals surface area contributed by atoms with E-state index in [0.717, 1.165) is 18.9 Å². The number of rotatable bonds is 10. The van der Waals surface area contributed by atoms with Gasteiger partial charge in [0.1, 0.15) is 0 Å². The lowest BCUT2D eigenvalue weighted by Gasteiger charge is -2.34. The Morgan fingerprint density at radius 3 is 2.05 bits per heavy atom. The molecule has 0 saturated carbocycles. The van der Waals surface area contributed by atoms with Crippen molar-refractivity contribution in [3.8, 4) is 0 Å².